The molecule has 5 rings (SSSR count). The Morgan fingerprint density at radius 2 is 1.91 bits per heavy atom. The Kier molecular flexibility index (Phi) is 9.55. The van der Waals surface area contributed by atoms with Gasteiger partial charge in [0.25, 0.3) is 0 Å². The summed E-state index contributed by atoms with van der Waals surface area (Å²) in [5.74, 6) is 0.180. The van der Waals surface area contributed by atoms with Crippen LogP contribution in [0.25, 0.3) is 5.65 Å². The monoisotopic (exact) mass is 660 g/mol. The van der Waals surface area contributed by atoms with Crippen LogP contribution in [0.1, 0.15) is 75.0 Å². The van der Waals surface area contributed by atoms with Crippen molar-refractivity contribution in [2.75, 3.05) is 31.2 Å². The number of hydrogen-bond acceptors (Lipinski definition) is 11. The third-order valence-electron chi connectivity index (χ3n) is 8.27. The van der Waals surface area contributed by atoms with E-state index in [1.165, 1.54) is 11.8 Å². The number of nitrogens with one attached hydrogen (secondary N) is 1. The molecular formula is C31H41ClN6O6S. The maximum absolute atomic E-state index is 12.6. The van der Waals surface area contributed by atoms with Gasteiger partial charge in [-0.1, -0.05) is 23.4 Å². The SMILES string of the molecule is CCOC(=O)c1c(C)nc2c(Cl)c(Sc3nc(CO)c(N4CCC5(CC4)CO[C@@H](C)[C@H]5NC(=O)OC(C)(C)C)nc3C)ccn12. The van der Waals surface area contributed by atoms with Gasteiger partial charge >= 0.3 is 12.1 Å². The minimum atomic E-state index is -0.588. The van der Waals surface area contributed by atoms with E-state index in [0.717, 1.165) is 12.8 Å². The van der Waals surface area contributed by atoms with Crippen LogP contribution in [0.5, 0.6) is 0 Å². The number of amides is 1. The number of carbonyl (C=O) groups is 2. The van der Waals surface area contributed by atoms with Crippen LogP contribution >= 0.6 is 23.4 Å². The van der Waals surface area contributed by atoms with Gasteiger partial charge in [-0.2, -0.15) is 0 Å². The normalized spacial score (nSPS) is 19.7. The molecule has 0 aromatic carbocycles. The molecule has 2 atom stereocenters. The molecule has 0 radical (unpaired) electrons. The molecule has 0 unspecified atom stereocenters. The van der Waals surface area contributed by atoms with Crippen LogP contribution < -0.4 is 10.2 Å². The molecule has 0 bridgehead atoms. The van der Waals surface area contributed by atoms with Crippen LogP contribution in [0, 0.1) is 19.3 Å². The molecule has 2 aliphatic rings. The van der Waals surface area contributed by atoms with Gasteiger partial charge in [-0.3, -0.25) is 4.40 Å². The fourth-order valence-corrected chi connectivity index (χ4v) is 7.27. The van der Waals surface area contributed by atoms with Crippen molar-refractivity contribution < 1.29 is 28.9 Å². The van der Waals surface area contributed by atoms with Crippen LogP contribution in [0.3, 0.4) is 0 Å². The predicted molar refractivity (Wildman–Crippen MR) is 170 cm³/mol. The molecule has 2 fully saturated rings. The number of halogens is 1. The maximum atomic E-state index is 12.6. The lowest BCUT2D eigenvalue weighted by Gasteiger charge is -2.43. The van der Waals surface area contributed by atoms with Crippen LogP contribution in [0.4, 0.5) is 10.6 Å². The van der Waals surface area contributed by atoms with E-state index in [0.29, 0.717) is 68.9 Å². The standard InChI is InChI=1S/C31H41ClN6O6S/c1-8-42-28(40)23-17(2)33-26-22(32)21(9-12-38(23)26)45-27-18(3)34-25(20(15-39)35-27)37-13-10-31(11-14-37)16-43-19(4)24(31)36-29(41)44-30(5,6)7/h9,12,19,24,39H,8,10-11,13-16H2,1-7H3,(H,36,41)/t19-,24+/m0/s1. The first-order valence-corrected chi connectivity index (χ1v) is 16.3. The zero-order chi connectivity index (χ0) is 32.7. The molecule has 2 saturated heterocycles. The van der Waals surface area contributed by atoms with E-state index in [1.807, 2.05) is 34.6 Å². The lowest BCUT2D eigenvalue weighted by Crippen LogP contribution is -2.55. The van der Waals surface area contributed by atoms with Crippen molar-refractivity contribution >= 4 is 46.9 Å². The highest BCUT2D eigenvalue weighted by molar-refractivity contribution is 7.99. The van der Waals surface area contributed by atoms with Crippen molar-refractivity contribution in [3.05, 3.63) is 40.1 Å². The number of rotatable bonds is 7. The summed E-state index contributed by atoms with van der Waals surface area (Å²) in [6.45, 7) is 14.7. The highest BCUT2D eigenvalue weighted by atomic mass is 35.5. The summed E-state index contributed by atoms with van der Waals surface area (Å²) in [4.78, 5) is 42.2. The quantitative estimate of drug-likeness (QED) is 0.327. The van der Waals surface area contributed by atoms with Crippen LogP contribution in [-0.2, 0) is 20.8 Å². The zero-order valence-corrected chi connectivity index (χ0v) is 28.3. The number of carbonyl (C=O) groups excluding carboxylic acids is 2. The minimum absolute atomic E-state index is 0.135. The summed E-state index contributed by atoms with van der Waals surface area (Å²) in [6, 6.07) is 1.63. The number of imidazole rings is 1. The van der Waals surface area contributed by atoms with Crippen molar-refractivity contribution in [3.8, 4) is 0 Å². The molecule has 14 heteroatoms. The second-order valence-electron chi connectivity index (χ2n) is 12.6. The van der Waals surface area contributed by atoms with Gasteiger partial charge in [0, 0.05) is 29.6 Å². The number of alkyl carbamates (subject to hydrolysis) is 1. The first kappa shape index (κ1) is 33.2. The summed E-state index contributed by atoms with van der Waals surface area (Å²) in [6.07, 6.45) is 2.71. The minimum Gasteiger partial charge on any atom is -0.461 e. The van der Waals surface area contributed by atoms with Gasteiger partial charge in [0.2, 0.25) is 0 Å². The van der Waals surface area contributed by atoms with Crippen LogP contribution in [0.2, 0.25) is 5.02 Å². The first-order chi connectivity index (χ1) is 21.3. The Hall–Kier alpha value is -3.13. The Labute approximate surface area is 272 Å². The summed E-state index contributed by atoms with van der Waals surface area (Å²) < 4.78 is 18.4. The van der Waals surface area contributed by atoms with Gasteiger partial charge in [0.1, 0.15) is 16.3 Å². The molecule has 5 heterocycles. The second kappa shape index (κ2) is 12.9. The van der Waals surface area contributed by atoms with Gasteiger partial charge in [-0.25, -0.2) is 24.5 Å². The average Bonchev–Trinajstić information content (AvgIpc) is 3.47. The number of hydrogen-bond donors (Lipinski definition) is 2. The number of piperidine rings is 1. The molecule has 3 aromatic rings. The third-order valence-corrected chi connectivity index (χ3v) is 9.89. The molecule has 1 spiro atoms. The molecule has 0 saturated carbocycles. The number of fused-ring (bicyclic) bond motifs is 1. The maximum Gasteiger partial charge on any atom is 0.407 e. The Balaban J connectivity index is 1.33. The third kappa shape index (κ3) is 6.72. The van der Waals surface area contributed by atoms with E-state index < -0.39 is 17.7 Å². The van der Waals surface area contributed by atoms with E-state index >= 15 is 0 Å². The van der Waals surface area contributed by atoms with E-state index in [-0.39, 0.29) is 30.8 Å². The molecular weight excluding hydrogens is 620 g/mol. The number of aryl methyl sites for hydroxylation is 2. The molecule has 1 amide bonds. The topological polar surface area (TPSA) is 140 Å². The number of pyridine rings is 1. The number of aliphatic hydroxyl groups excluding tert-OH is 1. The molecule has 244 valence electrons. The highest BCUT2D eigenvalue weighted by Gasteiger charge is 2.50. The van der Waals surface area contributed by atoms with Gasteiger partial charge in [-0.05, 0) is 67.4 Å². The van der Waals surface area contributed by atoms with Gasteiger partial charge in [0.15, 0.2) is 17.2 Å². The Bertz CT molecular complexity index is 1600. The number of aliphatic hydroxyl groups is 1. The van der Waals surface area contributed by atoms with E-state index in [2.05, 4.69) is 15.2 Å². The van der Waals surface area contributed by atoms with Gasteiger partial charge in [0.05, 0.1) is 48.4 Å². The predicted octanol–water partition coefficient (Wildman–Crippen LogP) is 5.11. The average molecular weight is 661 g/mol. The summed E-state index contributed by atoms with van der Waals surface area (Å²) in [5.41, 5.74) is 1.65. The van der Waals surface area contributed by atoms with Crippen molar-refractivity contribution in [2.45, 2.75) is 95.6 Å². The number of ether oxygens (including phenoxy) is 3. The van der Waals surface area contributed by atoms with Crippen molar-refractivity contribution in [1.82, 2.24) is 24.7 Å². The van der Waals surface area contributed by atoms with Crippen molar-refractivity contribution in [3.63, 3.8) is 0 Å². The fraction of sp³-hybridized carbons (Fsp3) is 0.581. The molecule has 2 N–H and O–H groups in total. The highest BCUT2D eigenvalue weighted by Crippen LogP contribution is 2.44. The molecule has 0 aliphatic carbocycles. The molecule has 45 heavy (non-hydrogen) atoms. The number of anilines is 1. The summed E-state index contributed by atoms with van der Waals surface area (Å²) >= 11 is 8.10. The van der Waals surface area contributed by atoms with Crippen molar-refractivity contribution in [1.29, 1.82) is 0 Å². The number of aromatic nitrogens is 4. The van der Waals surface area contributed by atoms with Gasteiger partial charge < -0.3 is 29.5 Å². The lowest BCUT2D eigenvalue weighted by molar-refractivity contribution is 0.0433. The van der Waals surface area contributed by atoms with Gasteiger partial charge in [-0.15, -0.1) is 0 Å². The number of esters is 1. The summed E-state index contributed by atoms with van der Waals surface area (Å²) in [5, 5.41) is 14.4. The fourth-order valence-electron chi connectivity index (χ4n) is 6.09. The molecule has 2 aliphatic heterocycles. The van der Waals surface area contributed by atoms with Crippen LogP contribution in [0.15, 0.2) is 22.2 Å². The van der Waals surface area contributed by atoms with Crippen LogP contribution in [-0.4, -0.2) is 80.6 Å². The lowest BCUT2D eigenvalue weighted by atomic mass is 9.73. The van der Waals surface area contributed by atoms with E-state index in [1.54, 1.807) is 30.5 Å². The Morgan fingerprint density at radius 3 is 2.56 bits per heavy atom. The largest absolute Gasteiger partial charge is 0.461 e. The second-order valence-corrected chi connectivity index (χ2v) is 14.0. The smallest absolute Gasteiger partial charge is 0.407 e. The number of nitrogens with zero attached hydrogens (tertiary/aromatic N) is 5. The zero-order valence-electron chi connectivity index (χ0n) is 26.8. The van der Waals surface area contributed by atoms with Crippen molar-refractivity contribution in [2.24, 2.45) is 5.41 Å². The van der Waals surface area contributed by atoms with E-state index in [4.69, 9.17) is 35.8 Å². The first-order valence-electron chi connectivity index (χ1n) is 15.1. The molecule has 12 nitrogen and oxygen atoms in total. The summed E-state index contributed by atoms with van der Waals surface area (Å²) in [7, 11) is 0. The molecule has 3 aromatic heterocycles. The Morgan fingerprint density at radius 1 is 1.20 bits per heavy atom. The van der Waals surface area contributed by atoms with E-state index in [9.17, 15) is 14.7 Å².